The number of nitrogens with zero attached hydrogens (tertiary/aromatic N) is 4. The minimum atomic E-state index is -5.08. The molecule has 0 saturated carbocycles. The van der Waals surface area contributed by atoms with E-state index in [0.29, 0.717) is 5.41 Å². The van der Waals surface area contributed by atoms with Crippen LogP contribution in [0.15, 0.2) is 30.3 Å². The van der Waals surface area contributed by atoms with Crippen molar-refractivity contribution in [1.82, 2.24) is 25.0 Å². The predicted octanol–water partition coefficient (Wildman–Crippen LogP) is 4.09. The van der Waals surface area contributed by atoms with Crippen LogP contribution in [0.2, 0.25) is 0 Å². The molecule has 1 aromatic carbocycles. The highest BCUT2D eigenvalue weighted by Crippen LogP contribution is 2.38. The van der Waals surface area contributed by atoms with Gasteiger partial charge >= 0.3 is 24.3 Å². The molecule has 1 aromatic heterocycles. The van der Waals surface area contributed by atoms with Crippen molar-refractivity contribution in [2.24, 2.45) is 5.41 Å². The molecule has 1 spiro atoms. The fourth-order valence-electron chi connectivity index (χ4n) is 4.68. The number of carboxylic acid groups (broad SMARTS) is 2. The molecule has 0 bridgehead atoms. The number of hydrogen-bond donors (Lipinski definition) is 3. The SMILES string of the molecule is CN1CCCC2(CCCN(CCc3nc(-c4ccccc4)n[nH]3)C2)C1.O=C(O)C(F)(F)F.O=C(O)C(F)(F)F. The van der Waals surface area contributed by atoms with Crippen molar-refractivity contribution in [2.45, 2.75) is 44.5 Å². The normalized spacial score (nSPS) is 20.4. The Morgan fingerprint density at radius 2 is 1.49 bits per heavy atom. The quantitative estimate of drug-likeness (QED) is 0.473. The number of piperidine rings is 2. The van der Waals surface area contributed by atoms with Crippen molar-refractivity contribution in [2.75, 3.05) is 39.8 Å². The summed E-state index contributed by atoms with van der Waals surface area (Å²) in [4.78, 5) is 27.6. The Kier molecular flexibility index (Phi) is 11.3. The van der Waals surface area contributed by atoms with Crippen LogP contribution in [0.5, 0.6) is 0 Å². The number of alkyl halides is 6. The van der Waals surface area contributed by atoms with Crippen LogP contribution in [0.4, 0.5) is 26.3 Å². The van der Waals surface area contributed by atoms with Crippen LogP contribution in [0.1, 0.15) is 31.5 Å². The van der Waals surface area contributed by atoms with Gasteiger partial charge in [0.1, 0.15) is 5.82 Å². The van der Waals surface area contributed by atoms with Crippen molar-refractivity contribution in [3.8, 4) is 11.4 Å². The number of aromatic nitrogens is 3. The molecule has 15 heteroatoms. The lowest BCUT2D eigenvalue weighted by Gasteiger charge is -2.47. The molecule has 39 heavy (non-hydrogen) atoms. The number of aromatic amines is 1. The third kappa shape index (κ3) is 10.8. The van der Waals surface area contributed by atoms with Crippen molar-refractivity contribution in [3.05, 3.63) is 36.2 Å². The van der Waals surface area contributed by atoms with Gasteiger partial charge in [0.2, 0.25) is 0 Å². The Morgan fingerprint density at radius 1 is 0.949 bits per heavy atom. The van der Waals surface area contributed by atoms with Crippen LogP contribution >= 0.6 is 0 Å². The molecule has 2 aromatic rings. The first-order valence-electron chi connectivity index (χ1n) is 12.1. The molecular weight excluding hydrogens is 536 g/mol. The van der Waals surface area contributed by atoms with E-state index in [1.54, 1.807) is 0 Å². The van der Waals surface area contributed by atoms with Crippen LogP contribution < -0.4 is 0 Å². The molecular formula is C24H31F6N5O4. The number of rotatable bonds is 4. The number of benzene rings is 1. The summed E-state index contributed by atoms with van der Waals surface area (Å²) >= 11 is 0. The Bertz CT molecular complexity index is 1040. The fraction of sp³-hybridized carbons (Fsp3) is 0.583. The van der Waals surface area contributed by atoms with E-state index in [1.807, 2.05) is 18.2 Å². The zero-order valence-corrected chi connectivity index (χ0v) is 21.2. The molecule has 9 nitrogen and oxygen atoms in total. The van der Waals surface area contributed by atoms with Gasteiger partial charge in [-0.1, -0.05) is 30.3 Å². The van der Waals surface area contributed by atoms with E-state index < -0.39 is 24.3 Å². The zero-order chi connectivity index (χ0) is 29.3. The van der Waals surface area contributed by atoms with Crippen molar-refractivity contribution < 1.29 is 46.1 Å². The maximum absolute atomic E-state index is 10.6. The van der Waals surface area contributed by atoms with Gasteiger partial charge < -0.3 is 20.0 Å². The van der Waals surface area contributed by atoms with E-state index in [0.717, 1.165) is 30.2 Å². The lowest BCUT2D eigenvalue weighted by molar-refractivity contribution is -0.193. The van der Waals surface area contributed by atoms with Crippen LogP contribution in [-0.4, -0.2) is 99.3 Å². The van der Waals surface area contributed by atoms with Gasteiger partial charge in [0, 0.05) is 31.6 Å². The van der Waals surface area contributed by atoms with Crippen LogP contribution in [0.3, 0.4) is 0 Å². The highest BCUT2D eigenvalue weighted by atomic mass is 19.4. The molecule has 4 rings (SSSR count). The van der Waals surface area contributed by atoms with Gasteiger partial charge in [0.05, 0.1) is 0 Å². The number of aliphatic carboxylic acids is 2. The number of carboxylic acids is 2. The Hall–Kier alpha value is -3.20. The largest absolute Gasteiger partial charge is 0.490 e. The van der Waals surface area contributed by atoms with Crippen LogP contribution in [0.25, 0.3) is 11.4 Å². The molecule has 2 fully saturated rings. The highest BCUT2D eigenvalue weighted by Gasteiger charge is 2.39. The van der Waals surface area contributed by atoms with E-state index in [1.165, 1.54) is 51.9 Å². The van der Waals surface area contributed by atoms with Crippen LogP contribution in [0, 0.1) is 5.41 Å². The second kappa shape index (κ2) is 13.7. The molecule has 2 aliphatic heterocycles. The maximum atomic E-state index is 10.6. The third-order valence-corrected chi connectivity index (χ3v) is 6.31. The smallest absolute Gasteiger partial charge is 0.475 e. The van der Waals surface area contributed by atoms with Gasteiger partial charge in [0.15, 0.2) is 5.82 Å². The van der Waals surface area contributed by atoms with Crippen molar-refractivity contribution >= 4 is 11.9 Å². The minimum Gasteiger partial charge on any atom is -0.475 e. The third-order valence-electron chi connectivity index (χ3n) is 6.31. The average molecular weight is 568 g/mol. The first kappa shape index (κ1) is 32.0. The first-order chi connectivity index (χ1) is 18.1. The highest BCUT2D eigenvalue weighted by molar-refractivity contribution is 5.73. The summed E-state index contributed by atoms with van der Waals surface area (Å²) in [5.41, 5.74) is 1.61. The van der Waals surface area contributed by atoms with E-state index in [9.17, 15) is 26.3 Å². The fourth-order valence-corrected chi connectivity index (χ4v) is 4.68. The lowest BCUT2D eigenvalue weighted by atomic mass is 9.74. The van der Waals surface area contributed by atoms with Gasteiger partial charge in [-0.2, -0.15) is 31.4 Å². The van der Waals surface area contributed by atoms with Crippen LogP contribution in [-0.2, 0) is 16.0 Å². The first-order valence-corrected chi connectivity index (χ1v) is 12.1. The predicted molar refractivity (Wildman–Crippen MR) is 128 cm³/mol. The van der Waals surface area contributed by atoms with Gasteiger partial charge in [0.25, 0.3) is 0 Å². The second-order valence-corrected chi connectivity index (χ2v) is 9.55. The summed E-state index contributed by atoms with van der Waals surface area (Å²) in [6, 6.07) is 10.2. The van der Waals surface area contributed by atoms with Crippen molar-refractivity contribution in [1.29, 1.82) is 0 Å². The second-order valence-electron chi connectivity index (χ2n) is 9.55. The number of nitrogens with one attached hydrogen (secondary N) is 1. The Labute approximate surface area is 220 Å². The summed E-state index contributed by atoms with van der Waals surface area (Å²) in [5.74, 6) is -3.71. The molecule has 2 aliphatic rings. The summed E-state index contributed by atoms with van der Waals surface area (Å²) in [7, 11) is 2.28. The van der Waals surface area contributed by atoms with Gasteiger partial charge in [-0.05, 0) is 51.2 Å². The number of likely N-dealkylation sites (tertiary alicyclic amines) is 2. The molecule has 3 heterocycles. The van der Waals surface area contributed by atoms with E-state index in [-0.39, 0.29) is 0 Å². The summed E-state index contributed by atoms with van der Waals surface area (Å²) in [5, 5.41) is 21.8. The Morgan fingerprint density at radius 3 is 2.00 bits per heavy atom. The summed E-state index contributed by atoms with van der Waals surface area (Å²) < 4.78 is 63.5. The monoisotopic (exact) mass is 567 g/mol. The standard InChI is InChI=1S/C20H29N5.2C2HF3O2/c1-24-12-5-10-20(15-24)11-6-13-25(16-20)14-9-18-21-19(23-22-18)17-7-3-2-4-8-17;2*3-2(4,5)1(6)7/h2-4,7-8H,5-6,9-16H2,1H3,(H,21,22,23);2*(H,6,7). The number of carbonyl (C=O) groups is 2. The Balaban J connectivity index is 0.000000317. The summed E-state index contributed by atoms with van der Waals surface area (Å²) in [6.45, 7) is 6.09. The van der Waals surface area contributed by atoms with Crippen molar-refractivity contribution in [3.63, 3.8) is 0 Å². The van der Waals surface area contributed by atoms with E-state index in [4.69, 9.17) is 19.8 Å². The molecule has 0 aliphatic carbocycles. The van der Waals surface area contributed by atoms with Gasteiger partial charge in [-0.3, -0.25) is 5.10 Å². The minimum absolute atomic E-state index is 0.530. The van der Waals surface area contributed by atoms with E-state index >= 15 is 0 Å². The molecule has 2 saturated heterocycles. The van der Waals surface area contributed by atoms with Gasteiger partial charge in [-0.15, -0.1) is 0 Å². The lowest BCUT2D eigenvalue weighted by Crippen LogP contribution is -2.51. The summed E-state index contributed by atoms with van der Waals surface area (Å²) in [6.07, 6.45) is -3.74. The molecule has 3 N–H and O–H groups in total. The van der Waals surface area contributed by atoms with E-state index in [2.05, 4.69) is 44.2 Å². The number of hydrogen-bond acceptors (Lipinski definition) is 6. The number of halogens is 6. The topological polar surface area (TPSA) is 123 Å². The molecule has 0 radical (unpaired) electrons. The molecule has 218 valence electrons. The number of H-pyrrole nitrogens is 1. The average Bonchev–Trinajstić information content (AvgIpc) is 3.32. The molecule has 1 unspecified atom stereocenters. The van der Waals surface area contributed by atoms with Gasteiger partial charge in [-0.25, -0.2) is 14.6 Å². The molecule has 1 atom stereocenters. The molecule has 0 amide bonds. The zero-order valence-electron chi connectivity index (χ0n) is 21.2. The maximum Gasteiger partial charge on any atom is 0.490 e.